The van der Waals surface area contributed by atoms with Gasteiger partial charge in [-0.3, -0.25) is 9.89 Å². The summed E-state index contributed by atoms with van der Waals surface area (Å²) in [5.74, 6) is 1.27. The Balaban J connectivity index is 1.58. The van der Waals surface area contributed by atoms with E-state index in [1.165, 1.54) is 4.68 Å². The SMILES string of the molecule is CCCCSc1nnc2c(n1)O[C@H](c1c(C)[nH]n(-c3ccccc3)c1=O)Nc1ccccc1-2. The fourth-order valence-corrected chi connectivity index (χ4v) is 4.64. The molecule has 8 nitrogen and oxygen atoms in total. The fraction of sp³-hybridized carbons (Fsp3) is 0.250. The van der Waals surface area contributed by atoms with E-state index in [1.807, 2.05) is 61.5 Å². The Hall–Kier alpha value is -3.59. The molecule has 9 heteroatoms. The average Bonchev–Trinajstić information content (AvgIpc) is 3.04. The zero-order valence-electron chi connectivity index (χ0n) is 18.4. The molecule has 2 N–H and O–H groups in total. The van der Waals surface area contributed by atoms with Crippen LogP contribution in [0.2, 0.25) is 0 Å². The molecule has 1 aliphatic rings. The predicted molar refractivity (Wildman–Crippen MR) is 129 cm³/mol. The third kappa shape index (κ3) is 4.11. The van der Waals surface area contributed by atoms with E-state index >= 15 is 0 Å². The van der Waals surface area contributed by atoms with Gasteiger partial charge in [-0.25, -0.2) is 4.68 Å². The lowest BCUT2D eigenvalue weighted by Crippen LogP contribution is -2.26. The largest absolute Gasteiger partial charge is 0.447 e. The lowest BCUT2D eigenvalue weighted by atomic mass is 10.1. The molecule has 2 aromatic carbocycles. The normalized spacial score (nSPS) is 14.5. The van der Waals surface area contributed by atoms with E-state index in [-0.39, 0.29) is 5.56 Å². The number of aromatic nitrogens is 5. The number of thioether (sulfide) groups is 1. The first-order valence-corrected chi connectivity index (χ1v) is 11.9. The minimum absolute atomic E-state index is 0.184. The Kier molecular flexibility index (Phi) is 5.87. The number of aryl methyl sites for hydroxylation is 1. The molecule has 1 atom stereocenters. The molecule has 4 aromatic rings. The van der Waals surface area contributed by atoms with Gasteiger partial charge in [0, 0.05) is 22.7 Å². The summed E-state index contributed by atoms with van der Waals surface area (Å²) in [6, 6.07) is 17.2. The van der Waals surface area contributed by atoms with Crippen LogP contribution in [-0.4, -0.2) is 30.7 Å². The van der Waals surface area contributed by atoms with Gasteiger partial charge in [-0.15, -0.1) is 10.2 Å². The molecule has 0 aliphatic carbocycles. The standard InChI is InChI=1S/C24H24N6O2S/c1-3-4-14-33-24-26-22-20(27-28-24)17-12-8-9-13-18(17)25-21(32-22)19-15(2)29-30(23(19)31)16-10-6-5-7-11-16/h5-13,21,25,29H,3-4,14H2,1-2H3/t21-/m1/s1. The smallest absolute Gasteiger partial charge is 0.280 e. The molecule has 0 bridgehead atoms. The summed E-state index contributed by atoms with van der Waals surface area (Å²) < 4.78 is 7.84. The van der Waals surface area contributed by atoms with Crippen LogP contribution in [0.25, 0.3) is 16.9 Å². The van der Waals surface area contributed by atoms with Crippen molar-refractivity contribution in [3.05, 3.63) is 76.2 Å². The van der Waals surface area contributed by atoms with Crippen LogP contribution < -0.4 is 15.6 Å². The van der Waals surface area contributed by atoms with Crippen LogP contribution >= 0.6 is 11.8 Å². The molecule has 0 unspecified atom stereocenters. The molecule has 3 heterocycles. The molecule has 0 fully saturated rings. The molecular formula is C24H24N6O2S. The van der Waals surface area contributed by atoms with Crippen molar-refractivity contribution < 1.29 is 4.74 Å². The van der Waals surface area contributed by atoms with Crippen LogP contribution in [0.4, 0.5) is 5.69 Å². The number of ether oxygens (including phenoxy) is 1. The predicted octanol–water partition coefficient (Wildman–Crippen LogP) is 4.72. The van der Waals surface area contributed by atoms with Gasteiger partial charge in [0.05, 0.1) is 5.69 Å². The van der Waals surface area contributed by atoms with Crippen LogP contribution in [0.3, 0.4) is 0 Å². The summed E-state index contributed by atoms with van der Waals surface area (Å²) in [5.41, 5.74) is 3.95. The summed E-state index contributed by atoms with van der Waals surface area (Å²) in [4.78, 5) is 18.1. The Bertz CT molecular complexity index is 1330. The number of rotatable bonds is 6. The maximum absolute atomic E-state index is 13.4. The van der Waals surface area contributed by atoms with E-state index < -0.39 is 6.23 Å². The molecular weight excluding hydrogens is 436 g/mol. The molecule has 0 amide bonds. The van der Waals surface area contributed by atoms with Gasteiger partial charge in [-0.1, -0.05) is 61.5 Å². The summed E-state index contributed by atoms with van der Waals surface area (Å²) in [6.07, 6.45) is 1.42. The van der Waals surface area contributed by atoms with Gasteiger partial charge in [-0.2, -0.15) is 4.98 Å². The second-order valence-corrected chi connectivity index (χ2v) is 8.83. The van der Waals surface area contributed by atoms with Gasteiger partial charge in [0.1, 0.15) is 5.56 Å². The Morgan fingerprint density at radius 3 is 2.70 bits per heavy atom. The number of nitrogens with zero attached hydrogens (tertiary/aromatic N) is 4. The lowest BCUT2D eigenvalue weighted by molar-refractivity contribution is 0.223. The molecule has 5 rings (SSSR count). The maximum Gasteiger partial charge on any atom is 0.280 e. The highest BCUT2D eigenvalue weighted by Gasteiger charge is 2.30. The molecule has 168 valence electrons. The second kappa shape index (κ2) is 9.11. The number of para-hydroxylation sites is 2. The first-order chi connectivity index (χ1) is 16.2. The lowest BCUT2D eigenvalue weighted by Gasteiger charge is -2.17. The van der Waals surface area contributed by atoms with E-state index in [9.17, 15) is 4.79 Å². The second-order valence-electron chi connectivity index (χ2n) is 7.76. The van der Waals surface area contributed by atoms with Crippen molar-refractivity contribution in [2.24, 2.45) is 0 Å². The van der Waals surface area contributed by atoms with E-state index in [4.69, 9.17) is 4.74 Å². The number of nitrogens with one attached hydrogen (secondary N) is 2. The minimum atomic E-state index is -0.744. The highest BCUT2D eigenvalue weighted by Crippen LogP contribution is 2.39. The number of hydrogen-bond acceptors (Lipinski definition) is 7. The first kappa shape index (κ1) is 21.3. The quantitative estimate of drug-likeness (QED) is 0.317. The fourth-order valence-electron chi connectivity index (χ4n) is 3.77. The Labute approximate surface area is 195 Å². The molecule has 0 saturated heterocycles. The van der Waals surface area contributed by atoms with Gasteiger partial charge in [0.2, 0.25) is 17.3 Å². The number of hydrogen-bond donors (Lipinski definition) is 2. The zero-order valence-corrected chi connectivity index (χ0v) is 19.2. The molecule has 0 radical (unpaired) electrons. The summed E-state index contributed by atoms with van der Waals surface area (Å²) in [7, 11) is 0. The van der Waals surface area contributed by atoms with Gasteiger partial charge in [0.25, 0.3) is 5.56 Å². The van der Waals surface area contributed by atoms with Crippen molar-refractivity contribution >= 4 is 17.4 Å². The van der Waals surface area contributed by atoms with Crippen LogP contribution in [0.1, 0.15) is 37.3 Å². The topological polar surface area (TPSA) is 97.7 Å². The third-order valence-corrected chi connectivity index (χ3v) is 6.38. The molecule has 1 aliphatic heterocycles. The highest BCUT2D eigenvalue weighted by atomic mass is 32.2. The van der Waals surface area contributed by atoms with E-state index in [0.29, 0.717) is 28.0 Å². The summed E-state index contributed by atoms with van der Waals surface area (Å²) in [6.45, 7) is 4.01. The molecule has 0 spiro atoms. The van der Waals surface area contributed by atoms with E-state index in [2.05, 4.69) is 32.5 Å². The maximum atomic E-state index is 13.4. The molecule has 33 heavy (non-hydrogen) atoms. The van der Waals surface area contributed by atoms with E-state index in [1.54, 1.807) is 11.8 Å². The van der Waals surface area contributed by atoms with Gasteiger partial charge in [-0.05, 0) is 31.5 Å². The van der Waals surface area contributed by atoms with Crippen molar-refractivity contribution in [1.82, 2.24) is 25.0 Å². The van der Waals surface area contributed by atoms with E-state index in [0.717, 1.165) is 35.5 Å². The van der Waals surface area contributed by atoms with Crippen molar-refractivity contribution in [1.29, 1.82) is 0 Å². The zero-order chi connectivity index (χ0) is 22.8. The van der Waals surface area contributed by atoms with Crippen LogP contribution in [-0.2, 0) is 0 Å². The van der Waals surface area contributed by atoms with Crippen molar-refractivity contribution in [3.8, 4) is 22.8 Å². The third-order valence-electron chi connectivity index (χ3n) is 5.46. The summed E-state index contributed by atoms with van der Waals surface area (Å²) in [5, 5.41) is 15.8. The molecule has 2 aromatic heterocycles. The number of fused-ring (bicyclic) bond motifs is 3. The first-order valence-electron chi connectivity index (χ1n) is 10.9. The van der Waals surface area contributed by atoms with Crippen molar-refractivity contribution in [3.63, 3.8) is 0 Å². The van der Waals surface area contributed by atoms with Crippen molar-refractivity contribution in [2.45, 2.75) is 38.1 Å². The minimum Gasteiger partial charge on any atom is -0.447 e. The van der Waals surface area contributed by atoms with Gasteiger partial charge >= 0.3 is 0 Å². The number of H-pyrrole nitrogens is 1. The number of aromatic amines is 1. The highest BCUT2D eigenvalue weighted by molar-refractivity contribution is 7.99. The monoisotopic (exact) mass is 460 g/mol. The van der Waals surface area contributed by atoms with Crippen LogP contribution in [0, 0.1) is 6.92 Å². The number of benzene rings is 2. The van der Waals surface area contributed by atoms with Gasteiger partial charge in [0.15, 0.2) is 5.69 Å². The number of unbranched alkanes of at least 4 members (excludes halogenated alkanes) is 1. The molecule has 0 saturated carbocycles. The average molecular weight is 461 g/mol. The van der Waals surface area contributed by atoms with Crippen molar-refractivity contribution in [2.75, 3.05) is 11.1 Å². The van der Waals surface area contributed by atoms with Gasteiger partial charge < -0.3 is 10.1 Å². The summed E-state index contributed by atoms with van der Waals surface area (Å²) >= 11 is 1.55. The van der Waals surface area contributed by atoms with Crippen LogP contribution in [0.15, 0.2) is 64.5 Å². The van der Waals surface area contributed by atoms with Crippen LogP contribution in [0.5, 0.6) is 5.88 Å². The Morgan fingerprint density at radius 1 is 1.09 bits per heavy atom. The Morgan fingerprint density at radius 2 is 1.88 bits per heavy atom. The number of anilines is 1.